The van der Waals surface area contributed by atoms with Crippen LogP contribution in [0.2, 0.25) is 0 Å². The fraction of sp³-hybridized carbons (Fsp3) is 0.300. The van der Waals surface area contributed by atoms with Crippen LogP contribution in [0, 0.1) is 6.92 Å². The van der Waals surface area contributed by atoms with Crippen LogP contribution in [0.5, 0.6) is 5.75 Å². The Morgan fingerprint density at radius 2 is 2.08 bits per heavy atom. The van der Waals surface area contributed by atoms with E-state index in [1.807, 2.05) is 45.3 Å². The van der Waals surface area contributed by atoms with Crippen molar-refractivity contribution >= 4 is 17.4 Å². The molecule has 0 N–H and O–H groups in total. The number of aryl methyl sites for hydroxylation is 1. The van der Waals surface area contributed by atoms with E-state index in [-0.39, 0.29) is 0 Å². The molecule has 0 atom stereocenters. The first kappa shape index (κ1) is 9.99. The smallest absolute Gasteiger partial charge is 0.264 e. The highest BCUT2D eigenvalue weighted by Crippen LogP contribution is 2.12. The predicted octanol–water partition coefficient (Wildman–Crippen LogP) is 2.22. The molecule has 0 amide bonds. The average molecular weight is 195 g/mol. The van der Waals surface area contributed by atoms with Crippen molar-refractivity contribution in [1.82, 2.24) is 4.90 Å². The van der Waals surface area contributed by atoms with Crippen LogP contribution in [-0.2, 0) is 0 Å². The molecule has 0 radical (unpaired) electrons. The Kier molecular flexibility index (Phi) is 3.25. The molecule has 0 spiro atoms. The molecule has 3 heteroatoms. The summed E-state index contributed by atoms with van der Waals surface area (Å²) in [5.74, 6) is 0.790. The largest absolute Gasteiger partial charge is 0.432 e. The summed E-state index contributed by atoms with van der Waals surface area (Å²) in [6.07, 6.45) is 0. The maximum atomic E-state index is 5.41. The van der Waals surface area contributed by atoms with E-state index in [0.29, 0.717) is 5.17 Å². The number of ether oxygens (including phenoxy) is 1. The second-order valence-electron chi connectivity index (χ2n) is 3.08. The predicted molar refractivity (Wildman–Crippen MR) is 58.1 cm³/mol. The first-order chi connectivity index (χ1) is 6.09. The molecule has 1 aromatic rings. The van der Waals surface area contributed by atoms with Gasteiger partial charge < -0.3 is 9.64 Å². The molecule has 0 fully saturated rings. The van der Waals surface area contributed by atoms with Gasteiger partial charge in [-0.05, 0) is 36.8 Å². The molecule has 0 aromatic heterocycles. The molecular weight excluding hydrogens is 182 g/mol. The van der Waals surface area contributed by atoms with Gasteiger partial charge in [0.1, 0.15) is 5.75 Å². The number of thiocarbonyl (C=S) groups is 1. The molecule has 0 saturated heterocycles. The minimum atomic E-state index is 0.477. The van der Waals surface area contributed by atoms with Crippen LogP contribution in [0.4, 0.5) is 0 Å². The highest BCUT2D eigenvalue weighted by molar-refractivity contribution is 7.80. The molecular formula is C10H13NOS. The Hall–Kier alpha value is -1.09. The van der Waals surface area contributed by atoms with Crippen LogP contribution in [0.1, 0.15) is 5.56 Å². The van der Waals surface area contributed by atoms with E-state index >= 15 is 0 Å². The third-order valence-corrected chi connectivity index (χ3v) is 2.01. The normalized spacial score (nSPS) is 9.46. The summed E-state index contributed by atoms with van der Waals surface area (Å²) in [5, 5.41) is 0.477. The van der Waals surface area contributed by atoms with Gasteiger partial charge in [0, 0.05) is 14.1 Å². The van der Waals surface area contributed by atoms with E-state index in [9.17, 15) is 0 Å². The van der Waals surface area contributed by atoms with Gasteiger partial charge in [0.15, 0.2) is 0 Å². The van der Waals surface area contributed by atoms with Gasteiger partial charge in [-0.15, -0.1) is 0 Å². The summed E-state index contributed by atoms with van der Waals surface area (Å²) in [7, 11) is 3.72. The van der Waals surface area contributed by atoms with E-state index < -0.39 is 0 Å². The lowest BCUT2D eigenvalue weighted by Crippen LogP contribution is -2.24. The Balaban J connectivity index is 2.69. The van der Waals surface area contributed by atoms with E-state index in [4.69, 9.17) is 17.0 Å². The molecule has 1 rings (SSSR count). The zero-order valence-electron chi connectivity index (χ0n) is 8.07. The van der Waals surface area contributed by atoms with Gasteiger partial charge in [0.05, 0.1) is 0 Å². The Labute approximate surface area is 84.1 Å². The van der Waals surface area contributed by atoms with Gasteiger partial charge in [-0.3, -0.25) is 0 Å². The van der Waals surface area contributed by atoms with E-state index in [0.717, 1.165) is 5.75 Å². The van der Waals surface area contributed by atoms with E-state index in [1.54, 1.807) is 4.90 Å². The van der Waals surface area contributed by atoms with Gasteiger partial charge in [-0.1, -0.05) is 12.1 Å². The molecule has 0 saturated carbocycles. The Morgan fingerprint density at radius 3 is 2.62 bits per heavy atom. The van der Waals surface area contributed by atoms with Crippen molar-refractivity contribution in [3.05, 3.63) is 29.8 Å². The SMILES string of the molecule is Cc1cccc(OC(=S)N(C)C)c1. The number of nitrogens with zero attached hydrogens (tertiary/aromatic N) is 1. The summed E-state index contributed by atoms with van der Waals surface area (Å²) in [4.78, 5) is 1.76. The van der Waals surface area contributed by atoms with Crippen LogP contribution in [0.25, 0.3) is 0 Å². The van der Waals surface area contributed by atoms with E-state index in [1.165, 1.54) is 5.56 Å². The maximum Gasteiger partial charge on any atom is 0.264 e. The lowest BCUT2D eigenvalue weighted by atomic mass is 10.2. The van der Waals surface area contributed by atoms with E-state index in [2.05, 4.69) is 0 Å². The number of rotatable bonds is 1. The Bertz CT molecular complexity index is 310. The second kappa shape index (κ2) is 4.23. The summed E-state index contributed by atoms with van der Waals surface area (Å²) in [5.41, 5.74) is 1.17. The molecule has 0 heterocycles. The van der Waals surface area contributed by atoms with Gasteiger partial charge in [0.2, 0.25) is 0 Å². The highest BCUT2D eigenvalue weighted by atomic mass is 32.1. The fourth-order valence-corrected chi connectivity index (χ4v) is 0.967. The Morgan fingerprint density at radius 1 is 1.38 bits per heavy atom. The third kappa shape index (κ3) is 3.03. The monoisotopic (exact) mass is 195 g/mol. The number of hydrogen-bond acceptors (Lipinski definition) is 2. The van der Waals surface area contributed by atoms with Crippen LogP contribution >= 0.6 is 12.2 Å². The zero-order valence-corrected chi connectivity index (χ0v) is 8.89. The fourth-order valence-electron chi connectivity index (χ4n) is 0.871. The zero-order chi connectivity index (χ0) is 9.84. The van der Waals surface area contributed by atoms with Gasteiger partial charge in [0.25, 0.3) is 5.17 Å². The molecule has 1 aromatic carbocycles. The topological polar surface area (TPSA) is 12.5 Å². The molecule has 0 unspecified atom stereocenters. The molecule has 2 nitrogen and oxygen atoms in total. The van der Waals surface area contributed by atoms with Crippen LogP contribution in [-0.4, -0.2) is 24.2 Å². The first-order valence-electron chi connectivity index (χ1n) is 4.05. The lowest BCUT2D eigenvalue weighted by Gasteiger charge is -2.14. The van der Waals surface area contributed by atoms with Crippen molar-refractivity contribution in [2.24, 2.45) is 0 Å². The minimum absolute atomic E-state index is 0.477. The number of hydrogen-bond donors (Lipinski definition) is 0. The third-order valence-electron chi connectivity index (χ3n) is 1.56. The van der Waals surface area contributed by atoms with Gasteiger partial charge in [-0.25, -0.2) is 0 Å². The minimum Gasteiger partial charge on any atom is -0.432 e. The van der Waals surface area contributed by atoms with Gasteiger partial charge >= 0.3 is 0 Å². The van der Waals surface area contributed by atoms with Crippen molar-refractivity contribution in [2.75, 3.05) is 14.1 Å². The molecule has 0 aliphatic rings. The summed E-state index contributed by atoms with van der Waals surface area (Å²) < 4.78 is 5.41. The molecule has 0 aliphatic heterocycles. The summed E-state index contributed by atoms with van der Waals surface area (Å²) in [6.45, 7) is 2.02. The molecule has 0 aliphatic carbocycles. The number of benzene rings is 1. The van der Waals surface area contributed by atoms with Crippen molar-refractivity contribution in [1.29, 1.82) is 0 Å². The first-order valence-corrected chi connectivity index (χ1v) is 4.46. The summed E-state index contributed by atoms with van der Waals surface area (Å²) >= 11 is 5.01. The molecule has 70 valence electrons. The quantitative estimate of drug-likeness (QED) is 0.638. The summed E-state index contributed by atoms with van der Waals surface area (Å²) in [6, 6.07) is 7.81. The van der Waals surface area contributed by atoms with Crippen LogP contribution in [0.3, 0.4) is 0 Å². The van der Waals surface area contributed by atoms with Crippen LogP contribution in [0.15, 0.2) is 24.3 Å². The van der Waals surface area contributed by atoms with Crippen molar-refractivity contribution in [2.45, 2.75) is 6.92 Å². The van der Waals surface area contributed by atoms with Crippen molar-refractivity contribution < 1.29 is 4.74 Å². The maximum absolute atomic E-state index is 5.41. The van der Waals surface area contributed by atoms with Gasteiger partial charge in [-0.2, -0.15) is 0 Å². The van der Waals surface area contributed by atoms with Crippen LogP contribution < -0.4 is 4.74 Å². The molecule has 13 heavy (non-hydrogen) atoms. The second-order valence-corrected chi connectivity index (χ2v) is 3.43. The van der Waals surface area contributed by atoms with Crippen molar-refractivity contribution in [3.63, 3.8) is 0 Å². The molecule has 0 bridgehead atoms. The highest BCUT2D eigenvalue weighted by Gasteiger charge is 2.01. The lowest BCUT2D eigenvalue weighted by molar-refractivity contribution is 0.449. The average Bonchev–Trinajstić information content (AvgIpc) is 2.04. The standard InChI is InChI=1S/C10H13NOS/c1-8-5-4-6-9(7-8)12-10(13)11(2)3/h4-7H,1-3H3. The van der Waals surface area contributed by atoms with Crippen molar-refractivity contribution in [3.8, 4) is 5.75 Å².